The summed E-state index contributed by atoms with van der Waals surface area (Å²) in [5.74, 6) is 1.05. The number of unbranched alkanes of at least 4 members (excludes halogenated alkanes) is 3. The molecule has 23 heavy (non-hydrogen) atoms. The van der Waals surface area contributed by atoms with Crippen LogP contribution in [0.4, 0.5) is 0 Å². The van der Waals surface area contributed by atoms with Gasteiger partial charge in [0, 0.05) is 7.26 Å². The number of carbonyl (C=O) groups excluding carboxylic acids is 1. The molecule has 1 N–H and O–H groups in total. The predicted molar refractivity (Wildman–Crippen MR) is 102 cm³/mol. The fraction of sp³-hybridized carbons (Fsp3) is 0.737. The Morgan fingerprint density at radius 3 is 2.04 bits per heavy atom. The molecular formula is C19H35NO2P+. The summed E-state index contributed by atoms with van der Waals surface area (Å²) in [5, 5.41) is 3.06. The molecule has 0 aliphatic carbocycles. The Hall–Kier alpha value is -0.820. The van der Waals surface area contributed by atoms with Crippen molar-refractivity contribution in [3.63, 3.8) is 0 Å². The summed E-state index contributed by atoms with van der Waals surface area (Å²) in [6.45, 7) is 7.28. The molecule has 0 atom stereocenters. The van der Waals surface area contributed by atoms with Crippen LogP contribution in [-0.4, -0.2) is 30.6 Å². The third kappa shape index (κ3) is 8.01. The molecule has 0 spiro atoms. The number of hydrogen-bond donors (Lipinski definition) is 1. The first kappa shape index (κ1) is 20.2. The normalized spacial score (nSPS) is 11.6. The number of amides is 1. The van der Waals surface area contributed by atoms with Crippen molar-refractivity contribution in [3.05, 3.63) is 24.2 Å². The van der Waals surface area contributed by atoms with Gasteiger partial charge in [-0.25, -0.2) is 0 Å². The van der Waals surface area contributed by atoms with Crippen molar-refractivity contribution in [3.8, 4) is 0 Å². The second-order valence-electron chi connectivity index (χ2n) is 6.59. The Balaban J connectivity index is 2.64. The van der Waals surface area contributed by atoms with Gasteiger partial charge >= 0.3 is 0 Å². The van der Waals surface area contributed by atoms with E-state index in [-0.39, 0.29) is 5.91 Å². The van der Waals surface area contributed by atoms with E-state index in [1.54, 1.807) is 6.26 Å². The van der Waals surface area contributed by atoms with E-state index < -0.39 is 7.26 Å². The zero-order valence-corrected chi connectivity index (χ0v) is 16.2. The zero-order chi connectivity index (χ0) is 17.0. The standard InChI is InChI=1S/C19H34NO2P/c1-4-7-13-23(14-8-5-2,15-9-6-3)17-19(21)20-16-18-11-10-12-22-18/h10-12H,4-9,13-17H2,1-3H3/p+1. The molecule has 1 aromatic rings. The smallest absolute Gasteiger partial charge is 0.257 e. The molecule has 0 radical (unpaired) electrons. The Morgan fingerprint density at radius 2 is 1.61 bits per heavy atom. The van der Waals surface area contributed by atoms with Crippen LogP contribution in [0.1, 0.15) is 65.1 Å². The molecule has 0 aliphatic rings. The highest BCUT2D eigenvalue weighted by atomic mass is 31.2. The maximum absolute atomic E-state index is 12.5. The summed E-state index contributed by atoms with van der Waals surface area (Å²) in [6, 6.07) is 3.77. The largest absolute Gasteiger partial charge is 0.467 e. The lowest BCUT2D eigenvalue weighted by Crippen LogP contribution is -2.29. The minimum Gasteiger partial charge on any atom is -0.467 e. The van der Waals surface area contributed by atoms with Crippen LogP contribution in [0.3, 0.4) is 0 Å². The molecule has 1 heterocycles. The van der Waals surface area contributed by atoms with Gasteiger partial charge in [0.15, 0.2) is 0 Å². The maximum Gasteiger partial charge on any atom is 0.257 e. The Bertz CT molecular complexity index is 395. The minimum absolute atomic E-state index is 0.220. The number of hydrogen-bond acceptors (Lipinski definition) is 2. The van der Waals surface area contributed by atoms with Crippen LogP contribution < -0.4 is 5.32 Å². The van der Waals surface area contributed by atoms with Gasteiger partial charge in [0.05, 0.1) is 31.3 Å². The highest BCUT2D eigenvalue weighted by Crippen LogP contribution is 2.60. The van der Waals surface area contributed by atoms with Gasteiger partial charge in [0.2, 0.25) is 0 Å². The van der Waals surface area contributed by atoms with Gasteiger partial charge in [0.1, 0.15) is 11.9 Å². The Kier molecular flexibility index (Phi) is 10.3. The van der Waals surface area contributed by atoms with E-state index in [4.69, 9.17) is 4.42 Å². The Labute approximate surface area is 142 Å². The highest BCUT2D eigenvalue weighted by molar-refractivity contribution is 7.76. The van der Waals surface area contributed by atoms with E-state index in [9.17, 15) is 4.79 Å². The van der Waals surface area contributed by atoms with Gasteiger partial charge in [-0.2, -0.15) is 0 Å². The van der Waals surface area contributed by atoms with Gasteiger partial charge < -0.3 is 9.73 Å². The van der Waals surface area contributed by atoms with Crippen molar-refractivity contribution in [1.82, 2.24) is 5.32 Å². The quantitative estimate of drug-likeness (QED) is 0.494. The SMILES string of the molecule is CCCC[P+](CCCC)(CCCC)CC(=O)NCc1ccco1. The fourth-order valence-electron chi connectivity index (χ4n) is 3.01. The lowest BCUT2D eigenvalue weighted by Gasteiger charge is -2.27. The zero-order valence-electron chi connectivity index (χ0n) is 15.3. The fourth-order valence-corrected chi connectivity index (χ4v) is 7.84. The third-order valence-corrected chi connectivity index (χ3v) is 9.23. The number of carbonyl (C=O) groups is 1. The van der Waals surface area contributed by atoms with Crippen LogP contribution in [0, 0.1) is 0 Å². The molecule has 0 unspecified atom stereocenters. The van der Waals surface area contributed by atoms with Gasteiger partial charge in [-0.05, 0) is 31.4 Å². The van der Waals surface area contributed by atoms with Crippen molar-refractivity contribution in [2.24, 2.45) is 0 Å². The van der Waals surface area contributed by atoms with Crippen molar-refractivity contribution < 1.29 is 9.21 Å². The molecular weight excluding hydrogens is 305 g/mol. The summed E-state index contributed by atoms with van der Waals surface area (Å²) in [6.07, 6.45) is 13.8. The van der Waals surface area contributed by atoms with Gasteiger partial charge in [0.25, 0.3) is 5.91 Å². The highest BCUT2D eigenvalue weighted by Gasteiger charge is 2.37. The number of rotatable bonds is 13. The van der Waals surface area contributed by atoms with Crippen LogP contribution in [-0.2, 0) is 11.3 Å². The molecule has 1 rings (SSSR count). The van der Waals surface area contributed by atoms with Crippen molar-refractivity contribution >= 4 is 13.2 Å². The average Bonchev–Trinajstić information content (AvgIpc) is 3.07. The van der Waals surface area contributed by atoms with Crippen LogP contribution >= 0.6 is 7.26 Å². The predicted octanol–water partition coefficient (Wildman–Crippen LogP) is 5.31. The first-order valence-corrected chi connectivity index (χ1v) is 11.8. The molecule has 4 heteroatoms. The number of furan rings is 1. The molecule has 0 saturated heterocycles. The molecule has 1 amide bonds. The molecule has 0 aromatic carbocycles. The van der Waals surface area contributed by atoms with E-state index in [1.165, 1.54) is 57.0 Å². The van der Waals surface area contributed by atoms with E-state index in [0.29, 0.717) is 6.54 Å². The molecule has 0 fully saturated rings. The maximum atomic E-state index is 12.5. The second-order valence-corrected chi connectivity index (χ2v) is 10.9. The van der Waals surface area contributed by atoms with E-state index in [1.807, 2.05) is 12.1 Å². The summed E-state index contributed by atoms with van der Waals surface area (Å²) in [7, 11) is -1.15. The second kappa shape index (κ2) is 11.7. The van der Waals surface area contributed by atoms with Crippen LogP contribution in [0.5, 0.6) is 0 Å². The van der Waals surface area contributed by atoms with Crippen molar-refractivity contribution in [2.45, 2.75) is 65.8 Å². The lowest BCUT2D eigenvalue weighted by atomic mass is 10.4. The monoisotopic (exact) mass is 340 g/mol. The Morgan fingerprint density at radius 1 is 1.04 bits per heavy atom. The molecule has 0 saturated carbocycles. The van der Waals surface area contributed by atoms with Crippen LogP contribution in [0.25, 0.3) is 0 Å². The molecule has 1 aromatic heterocycles. The van der Waals surface area contributed by atoms with E-state index in [0.717, 1.165) is 11.9 Å². The van der Waals surface area contributed by atoms with E-state index in [2.05, 4.69) is 26.1 Å². The molecule has 3 nitrogen and oxygen atoms in total. The first-order valence-electron chi connectivity index (χ1n) is 9.30. The van der Waals surface area contributed by atoms with Gasteiger partial charge in [-0.3, -0.25) is 4.79 Å². The van der Waals surface area contributed by atoms with Crippen molar-refractivity contribution in [1.29, 1.82) is 0 Å². The minimum atomic E-state index is -1.15. The van der Waals surface area contributed by atoms with Crippen LogP contribution in [0.15, 0.2) is 22.8 Å². The lowest BCUT2D eigenvalue weighted by molar-refractivity contribution is -0.118. The molecule has 0 aliphatic heterocycles. The van der Waals surface area contributed by atoms with Crippen molar-refractivity contribution in [2.75, 3.05) is 24.6 Å². The molecule has 132 valence electrons. The van der Waals surface area contributed by atoms with E-state index >= 15 is 0 Å². The van der Waals surface area contributed by atoms with Crippen LogP contribution in [0.2, 0.25) is 0 Å². The summed E-state index contributed by atoms with van der Waals surface area (Å²) >= 11 is 0. The summed E-state index contributed by atoms with van der Waals surface area (Å²) < 4.78 is 5.30. The first-order chi connectivity index (χ1) is 11.2. The average molecular weight is 340 g/mol. The van der Waals surface area contributed by atoms with Gasteiger partial charge in [-0.15, -0.1) is 0 Å². The summed E-state index contributed by atoms with van der Waals surface area (Å²) in [4.78, 5) is 12.5. The summed E-state index contributed by atoms with van der Waals surface area (Å²) in [5.41, 5.74) is 0. The third-order valence-electron chi connectivity index (χ3n) is 4.48. The number of nitrogens with one attached hydrogen (secondary N) is 1. The molecule has 0 bridgehead atoms. The topological polar surface area (TPSA) is 42.2 Å². The van der Waals surface area contributed by atoms with Gasteiger partial charge in [-0.1, -0.05) is 40.0 Å².